The van der Waals surface area contributed by atoms with Crippen molar-refractivity contribution >= 4 is 23.1 Å². The lowest BCUT2D eigenvalue weighted by molar-refractivity contribution is -0.114. The average molecular weight is 261 g/mol. The molecule has 2 aromatic rings. The number of amides is 1. The fourth-order valence-corrected chi connectivity index (χ4v) is 2.47. The summed E-state index contributed by atoms with van der Waals surface area (Å²) in [6.45, 7) is 5.71. The molecule has 0 aromatic carbocycles. The van der Waals surface area contributed by atoms with Gasteiger partial charge in [0.2, 0.25) is 5.91 Å². The Morgan fingerprint density at radius 3 is 2.83 bits per heavy atom. The molecular formula is C13H15N3OS. The van der Waals surface area contributed by atoms with Crippen LogP contribution in [0.1, 0.15) is 32.4 Å². The first-order chi connectivity index (χ1) is 8.56. The summed E-state index contributed by atoms with van der Waals surface area (Å²) >= 11 is 1.61. The van der Waals surface area contributed by atoms with Gasteiger partial charge in [-0.25, -0.2) is 9.97 Å². The van der Waals surface area contributed by atoms with Crippen LogP contribution in [0.5, 0.6) is 0 Å². The average Bonchev–Trinajstić information content (AvgIpc) is 2.77. The maximum Gasteiger partial charge on any atom is 0.222 e. The maximum absolute atomic E-state index is 11.0. The quantitative estimate of drug-likeness (QED) is 0.922. The monoisotopic (exact) mass is 261 g/mol. The van der Waals surface area contributed by atoms with Crippen molar-refractivity contribution in [2.75, 3.05) is 5.32 Å². The molecule has 94 valence electrons. The molecule has 5 heteroatoms. The third-order valence-electron chi connectivity index (χ3n) is 2.42. The minimum Gasteiger partial charge on any atom is -0.311 e. The summed E-state index contributed by atoms with van der Waals surface area (Å²) in [4.78, 5) is 19.7. The van der Waals surface area contributed by atoms with Crippen LogP contribution in [0.25, 0.3) is 10.6 Å². The highest BCUT2D eigenvalue weighted by molar-refractivity contribution is 7.13. The molecule has 2 rings (SSSR count). The summed E-state index contributed by atoms with van der Waals surface area (Å²) in [5.74, 6) is 0.856. The van der Waals surface area contributed by atoms with Crippen molar-refractivity contribution in [2.24, 2.45) is 0 Å². The van der Waals surface area contributed by atoms with Gasteiger partial charge in [0.1, 0.15) is 10.8 Å². The molecule has 0 bridgehead atoms. The number of anilines is 1. The van der Waals surface area contributed by atoms with Crippen molar-refractivity contribution in [3.63, 3.8) is 0 Å². The van der Waals surface area contributed by atoms with E-state index in [1.54, 1.807) is 17.5 Å². The molecule has 0 fully saturated rings. The normalized spacial score (nSPS) is 10.7. The van der Waals surface area contributed by atoms with Crippen LogP contribution in [-0.4, -0.2) is 15.9 Å². The molecule has 18 heavy (non-hydrogen) atoms. The number of hydrogen-bond acceptors (Lipinski definition) is 4. The lowest BCUT2D eigenvalue weighted by atomic mass is 10.2. The summed E-state index contributed by atoms with van der Waals surface area (Å²) < 4.78 is 0. The molecule has 4 nitrogen and oxygen atoms in total. The largest absolute Gasteiger partial charge is 0.311 e. The predicted octanol–water partition coefficient (Wildman–Crippen LogP) is 3.29. The molecule has 0 saturated carbocycles. The smallest absolute Gasteiger partial charge is 0.222 e. The summed E-state index contributed by atoms with van der Waals surface area (Å²) in [5.41, 5.74) is 2.07. The van der Waals surface area contributed by atoms with Gasteiger partial charge in [-0.3, -0.25) is 4.79 Å². The third-order valence-corrected chi connectivity index (χ3v) is 3.33. The van der Waals surface area contributed by atoms with Gasteiger partial charge in [0.15, 0.2) is 0 Å². The van der Waals surface area contributed by atoms with Gasteiger partial charge >= 0.3 is 0 Å². The number of nitrogens with zero attached hydrogens (tertiary/aromatic N) is 2. The van der Waals surface area contributed by atoms with Gasteiger partial charge in [0.25, 0.3) is 0 Å². The Balaban J connectivity index is 2.29. The van der Waals surface area contributed by atoms with Gasteiger partial charge in [-0.1, -0.05) is 13.8 Å². The van der Waals surface area contributed by atoms with E-state index in [0.29, 0.717) is 11.7 Å². The van der Waals surface area contributed by atoms with E-state index in [1.807, 2.05) is 12.1 Å². The molecule has 0 aliphatic heterocycles. The number of aromatic nitrogens is 2. The SMILES string of the molecule is CC(=O)Nc1cc(-c2nc(C(C)C)cs2)ccn1. The van der Waals surface area contributed by atoms with Gasteiger partial charge in [-0.2, -0.15) is 0 Å². The van der Waals surface area contributed by atoms with Crippen molar-refractivity contribution in [3.8, 4) is 10.6 Å². The van der Waals surface area contributed by atoms with Gasteiger partial charge in [0.05, 0.1) is 5.69 Å². The number of carbonyl (C=O) groups is 1. The van der Waals surface area contributed by atoms with Crippen molar-refractivity contribution < 1.29 is 4.79 Å². The molecule has 0 aliphatic rings. The zero-order valence-electron chi connectivity index (χ0n) is 10.6. The van der Waals surface area contributed by atoms with Gasteiger partial charge in [0, 0.05) is 24.1 Å². The number of pyridine rings is 1. The first kappa shape index (κ1) is 12.7. The van der Waals surface area contributed by atoms with E-state index >= 15 is 0 Å². The highest BCUT2D eigenvalue weighted by Crippen LogP contribution is 2.27. The lowest BCUT2D eigenvalue weighted by Gasteiger charge is -2.02. The van der Waals surface area contributed by atoms with Crippen LogP contribution in [0.15, 0.2) is 23.7 Å². The highest BCUT2D eigenvalue weighted by atomic mass is 32.1. The Morgan fingerprint density at radius 2 is 2.22 bits per heavy atom. The molecule has 0 aliphatic carbocycles. The van der Waals surface area contributed by atoms with Crippen LogP contribution in [0, 0.1) is 0 Å². The summed E-state index contributed by atoms with van der Waals surface area (Å²) in [6, 6.07) is 3.73. The molecule has 0 saturated heterocycles. The van der Waals surface area contributed by atoms with Crippen LogP contribution in [0.3, 0.4) is 0 Å². The minimum absolute atomic E-state index is 0.123. The number of thiazole rings is 1. The van der Waals surface area contributed by atoms with E-state index in [2.05, 4.69) is 34.5 Å². The van der Waals surface area contributed by atoms with Gasteiger partial charge in [-0.05, 0) is 18.1 Å². The second kappa shape index (κ2) is 5.27. The second-order valence-electron chi connectivity index (χ2n) is 4.34. The van der Waals surface area contributed by atoms with Crippen LogP contribution in [0.4, 0.5) is 5.82 Å². The Morgan fingerprint density at radius 1 is 1.44 bits per heavy atom. The fourth-order valence-electron chi connectivity index (χ4n) is 1.50. The molecule has 2 heterocycles. The molecule has 0 radical (unpaired) electrons. The van der Waals surface area contributed by atoms with Gasteiger partial charge < -0.3 is 5.32 Å². The summed E-state index contributed by atoms with van der Waals surface area (Å²) in [7, 11) is 0. The summed E-state index contributed by atoms with van der Waals surface area (Å²) in [6.07, 6.45) is 1.68. The summed E-state index contributed by atoms with van der Waals surface area (Å²) in [5, 5.41) is 5.69. The lowest BCUT2D eigenvalue weighted by Crippen LogP contribution is -2.07. The van der Waals surface area contributed by atoms with Crippen LogP contribution in [0.2, 0.25) is 0 Å². The maximum atomic E-state index is 11.0. The molecule has 1 amide bonds. The molecule has 0 spiro atoms. The molecule has 0 atom stereocenters. The number of hydrogen-bond donors (Lipinski definition) is 1. The number of rotatable bonds is 3. The molecule has 0 unspecified atom stereocenters. The highest BCUT2D eigenvalue weighted by Gasteiger charge is 2.08. The van der Waals surface area contributed by atoms with Crippen molar-refractivity contribution in [2.45, 2.75) is 26.7 Å². The minimum atomic E-state index is -0.123. The molecular weight excluding hydrogens is 246 g/mol. The third kappa shape index (κ3) is 2.92. The Hall–Kier alpha value is -1.75. The van der Waals surface area contributed by atoms with Crippen LogP contribution >= 0.6 is 11.3 Å². The number of nitrogens with one attached hydrogen (secondary N) is 1. The molecule has 2 aromatic heterocycles. The zero-order valence-corrected chi connectivity index (χ0v) is 11.4. The van der Waals surface area contributed by atoms with Crippen molar-refractivity contribution in [3.05, 3.63) is 29.4 Å². The Kier molecular flexibility index (Phi) is 3.72. The van der Waals surface area contributed by atoms with E-state index in [1.165, 1.54) is 6.92 Å². The zero-order chi connectivity index (χ0) is 13.1. The standard InChI is InChI=1S/C13H15N3OS/c1-8(2)11-7-18-13(16-11)10-4-5-14-12(6-10)15-9(3)17/h4-8H,1-3H3,(H,14,15,17). The fraction of sp³-hybridized carbons (Fsp3) is 0.308. The first-order valence-electron chi connectivity index (χ1n) is 5.75. The van der Waals surface area contributed by atoms with E-state index in [-0.39, 0.29) is 5.91 Å². The topological polar surface area (TPSA) is 54.9 Å². The van der Waals surface area contributed by atoms with E-state index in [4.69, 9.17) is 0 Å². The van der Waals surface area contributed by atoms with Gasteiger partial charge in [-0.15, -0.1) is 11.3 Å². The van der Waals surface area contributed by atoms with Crippen LogP contribution in [-0.2, 0) is 4.79 Å². The Bertz CT molecular complexity index is 563. The first-order valence-corrected chi connectivity index (χ1v) is 6.63. The number of carbonyl (C=O) groups excluding carboxylic acids is 1. The predicted molar refractivity (Wildman–Crippen MR) is 73.7 cm³/mol. The molecule has 1 N–H and O–H groups in total. The van der Waals surface area contributed by atoms with Crippen molar-refractivity contribution in [1.82, 2.24) is 9.97 Å². The van der Waals surface area contributed by atoms with E-state index in [0.717, 1.165) is 16.3 Å². The Labute approximate surface area is 110 Å². The van der Waals surface area contributed by atoms with E-state index in [9.17, 15) is 4.79 Å². The van der Waals surface area contributed by atoms with E-state index < -0.39 is 0 Å². The van der Waals surface area contributed by atoms with Crippen LogP contribution < -0.4 is 5.32 Å². The second-order valence-corrected chi connectivity index (χ2v) is 5.20. The van der Waals surface area contributed by atoms with Crippen molar-refractivity contribution in [1.29, 1.82) is 0 Å².